The highest BCUT2D eigenvalue weighted by Crippen LogP contribution is 2.05. The Morgan fingerprint density at radius 1 is 1.40 bits per heavy atom. The number of urea groups is 1. The minimum Gasteiger partial charge on any atom is -0.396 e. The first-order valence-electron chi connectivity index (χ1n) is 6.92. The van der Waals surface area contributed by atoms with Gasteiger partial charge in [-0.1, -0.05) is 19.1 Å². The second-order valence-electron chi connectivity index (χ2n) is 5.08. The molecule has 0 aliphatic heterocycles. The number of benzene rings is 1. The second-order valence-corrected chi connectivity index (χ2v) is 5.08. The highest BCUT2D eigenvalue weighted by atomic mass is 19.1. The van der Waals surface area contributed by atoms with Crippen LogP contribution >= 0.6 is 0 Å². The molecule has 0 aliphatic rings. The van der Waals surface area contributed by atoms with E-state index < -0.39 is 0 Å². The van der Waals surface area contributed by atoms with Crippen LogP contribution in [0.15, 0.2) is 24.3 Å². The van der Waals surface area contributed by atoms with E-state index in [0.717, 1.165) is 18.4 Å². The van der Waals surface area contributed by atoms with Crippen LogP contribution in [-0.4, -0.2) is 30.3 Å². The van der Waals surface area contributed by atoms with Crippen LogP contribution in [0.3, 0.4) is 0 Å². The van der Waals surface area contributed by atoms with E-state index >= 15 is 0 Å². The highest BCUT2D eigenvalue weighted by molar-refractivity contribution is 5.74. The number of amides is 2. The average Bonchev–Trinajstić information content (AvgIpc) is 2.42. The van der Waals surface area contributed by atoms with Crippen LogP contribution in [0.25, 0.3) is 0 Å². The Hall–Kier alpha value is -1.62. The zero-order chi connectivity index (χ0) is 15.0. The molecule has 4 nitrogen and oxygen atoms in total. The van der Waals surface area contributed by atoms with Crippen LogP contribution in [0.5, 0.6) is 0 Å². The van der Waals surface area contributed by atoms with Crippen LogP contribution < -0.4 is 10.6 Å². The molecule has 0 heterocycles. The van der Waals surface area contributed by atoms with E-state index in [1.165, 1.54) is 12.1 Å². The van der Waals surface area contributed by atoms with Gasteiger partial charge in [-0.15, -0.1) is 0 Å². The predicted octanol–water partition coefficient (Wildman–Crippen LogP) is 2.07. The van der Waals surface area contributed by atoms with Crippen molar-refractivity contribution < 1.29 is 14.3 Å². The molecule has 0 aromatic heterocycles. The summed E-state index contributed by atoms with van der Waals surface area (Å²) in [5.41, 5.74) is 0.925. The zero-order valence-electron chi connectivity index (χ0n) is 12.0. The van der Waals surface area contributed by atoms with Crippen LogP contribution in [0.4, 0.5) is 9.18 Å². The van der Waals surface area contributed by atoms with Gasteiger partial charge in [0.1, 0.15) is 5.82 Å². The van der Waals surface area contributed by atoms with Crippen molar-refractivity contribution in [1.29, 1.82) is 0 Å². The fourth-order valence-electron chi connectivity index (χ4n) is 1.75. The minimum absolute atomic E-state index is 0.0213. The summed E-state index contributed by atoms with van der Waals surface area (Å²) in [6.45, 7) is 4.30. The first-order chi connectivity index (χ1) is 9.52. The highest BCUT2D eigenvalue weighted by Gasteiger charge is 2.13. The summed E-state index contributed by atoms with van der Waals surface area (Å²) in [6.07, 6.45) is 1.47. The van der Waals surface area contributed by atoms with Gasteiger partial charge in [-0.2, -0.15) is 0 Å². The molecule has 0 aliphatic carbocycles. The Morgan fingerprint density at radius 3 is 2.80 bits per heavy atom. The number of aryl methyl sites for hydroxylation is 1. The van der Waals surface area contributed by atoms with Gasteiger partial charge in [-0.25, -0.2) is 9.18 Å². The molecule has 0 fully saturated rings. The first kappa shape index (κ1) is 16.4. The van der Waals surface area contributed by atoms with Gasteiger partial charge in [-0.05, 0) is 43.4 Å². The number of rotatable bonds is 7. The number of carbonyl (C=O) groups is 1. The Morgan fingerprint density at radius 2 is 2.15 bits per heavy atom. The van der Waals surface area contributed by atoms with E-state index in [-0.39, 0.29) is 30.4 Å². The molecule has 2 amide bonds. The monoisotopic (exact) mass is 282 g/mol. The van der Waals surface area contributed by atoms with E-state index in [2.05, 4.69) is 10.6 Å². The molecular formula is C15H23FN2O2. The summed E-state index contributed by atoms with van der Waals surface area (Å²) in [5, 5.41) is 14.5. The van der Waals surface area contributed by atoms with Crippen molar-refractivity contribution in [3.63, 3.8) is 0 Å². The molecule has 1 rings (SSSR count). The smallest absolute Gasteiger partial charge is 0.315 e. The van der Waals surface area contributed by atoms with Crippen molar-refractivity contribution in [2.75, 3.05) is 13.2 Å². The number of hydrogen-bond donors (Lipinski definition) is 3. The van der Waals surface area contributed by atoms with E-state index in [1.54, 1.807) is 6.07 Å². The van der Waals surface area contributed by atoms with Crippen molar-refractivity contribution in [1.82, 2.24) is 10.6 Å². The average molecular weight is 282 g/mol. The normalized spacial score (nSPS) is 13.6. The molecule has 1 aromatic rings. The quantitative estimate of drug-likeness (QED) is 0.670. The zero-order valence-corrected chi connectivity index (χ0v) is 12.0. The molecule has 1 aromatic carbocycles. The van der Waals surface area contributed by atoms with Gasteiger partial charge in [0.15, 0.2) is 0 Å². The second kappa shape index (κ2) is 8.53. The molecule has 2 unspecified atom stereocenters. The summed E-state index contributed by atoms with van der Waals surface area (Å²) < 4.78 is 13.0. The minimum atomic E-state index is -0.239. The van der Waals surface area contributed by atoms with E-state index in [9.17, 15) is 9.18 Å². The van der Waals surface area contributed by atoms with Gasteiger partial charge >= 0.3 is 6.03 Å². The van der Waals surface area contributed by atoms with Crippen LogP contribution in [0.2, 0.25) is 0 Å². The standard InChI is InChI=1S/C15H23FN2O2/c1-11(10-19)12(2)18-15(20)17-8-4-6-13-5-3-7-14(16)9-13/h3,5,7,9,11-12,19H,4,6,8,10H2,1-2H3,(H2,17,18,20). The third-order valence-corrected chi connectivity index (χ3v) is 3.32. The lowest BCUT2D eigenvalue weighted by atomic mass is 10.1. The number of hydrogen-bond acceptors (Lipinski definition) is 2. The van der Waals surface area contributed by atoms with E-state index in [4.69, 9.17) is 5.11 Å². The summed E-state index contributed by atoms with van der Waals surface area (Å²) in [6, 6.07) is 6.15. The van der Waals surface area contributed by atoms with Gasteiger partial charge in [0.25, 0.3) is 0 Å². The number of carbonyl (C=O) groups excluding carboxylic acids is 1. The number of halogens is 1. The number of aliphatic hydroxyl groups is 1. The van der Waals surface area contributed by atoms with Gasteiger partial charge in [0.2, 0.25) is 0 Å². The lowest BCUT2D eigenvalue weighted by molar-refractivity contribution is 0.200. The molecule has 0 saturated carbocycles. The van der Waals surface area contributed by atoms with E-state index in [0.29, 0.717) is 6.54 Å². The maximum Gasteiger partial charge on any atom is 0.315 e. The SMILES string of the molecule is CC(CO)C(C)NC(=O)NCCCc1cccc(F)c1. The van der Waals surface area contributed by atoms with Gasteiger partial charge < -0.3 is 15.7 Å². The Bertz CT molecular complexity index is 426. The Labute approximate surface area is 119 Å². The summed E-state index contributed by atoms with van der Waals surface area (Å²) >= 11 is 0. The van der Waals surface area contributed by atoms with Gasteiger partial charge in [0, 0.05) is 19.2 Å². The van der Waals surface area contributed by atoms with E-state index in [1.807, 2.05) is 19.9 Å². The lowest BCUT2D eigenvalue weighted by Crippen LogP contribution is -2.44. The molecule has 2 atom stereocenters. The molecule has 0 bridgehead atoms. The van der Waals surface area contributed by atoms with Crippen molar-refractivity contribution in [2.45, 2.75) is 32.7 Å². The fraction of sp³-hybridized carbons (Fsp3) is 0.533. The predicted molar refractivity (Wildman–Crippen MR) is 77.0 cm³/mol. The van der Waals surface area contributed by atoms with Crippen LogP contribution in [0, 0.1) is 11.7 Å². The Balaban J connectivity index is 2.19. The number of nitrogens with one attached hydrogen (secondary N) is 2. The van der Waals surface area contributed by atoms with Gasteiger partial charge in [0.05, 0.1) is 0 Å². The molecule has 20 heavy (non-hydrogen) atoms. The molecule has 3 N–H and O–H groups in total. The van der Waals surface area contributed by atoms with Crippen molar-refractivity contribution in [2.24, 2.45) is 5.92 Å². The molecular weight excluding hydrogens is 259 g/mol. The van der Waals surface area contributed by atoms with Crippen molar-refractivity contribution in [3.05, 3.63) is 35.6 Å². The van der Waals surface area contributed by atoms with Crippen LogP contribution in [0.1, 0.15) is 25.8 Å². The van der Waals surface area contributed by atoms with Crippen molar-refractivity contribution >= 4 is 6.03 Å². The summed E-state index contributed by atoms with van der Waals surface area (Å²) in [4.78, 5) is 11.6. The largest absolute Gasteiger partial charge is 0.396 e. The summed E-state index contributed by atoms with van der Waals surface area (Å²) in [5.74, 6) is -0.215. The Kier molecular flexibility index (Phi) is 7.01. The molecule has 112 valence electrons. The fourth-order valence-corrected chi connectivity index (χ4v) is 1.75. The third kappa shape index (κ3) is 6.02. The van der Waals surface area contributed by atoms with Gasteiger partial charge in [-0.3, -0.25) is 0 Å². The molecule has 5 heteroatoms. The maximum absolute atomic E-state index is 13.0. The molecule has 0 saturated heterocycles. The number of aliphatic hydroxyl groups excluding tert-OH is 1. The first-order valence-corrected chi connectivity index (χ1v) is 6.92. The van der Waals surface area contributed by atoms with Crippen molar-refractivity contribution in [3.8, 4) is 0 Å². The topological polar surface area (TPSA) is 61.4 Å². The van der Waals surface area contributed by atoms with Crippen LogP contribution in [-0.2, 0) is 6.42 Å². The maximum atomic E-state index is 13.0. The lowest BCUT2D eigenvalue weighted by Gasteiger charge is -2.19. The summed E-state index contributed by atoms with van der Waals surface area (Å²) in [7, 11) is 0. The molecule has 0 spiro atoms. The molecule has 0 radical (unpaired) electrons. The third-order valence-electron chi connectivity index (χ3n) is 3.32.